The summed E-state index contributed by atoms with van der Waals surface area (Å²) in [6.07, 6.45) is 0. The topological polar surface area (TPSA) is 30.5 Å². The summed E-state index contributed by atoms with van der Waals surface area (Å²) in [6.45, 7) is 8.83. The molecule has 17 heavy (non-hydrogen) atoms. The highest BCUT2D eigenvalue weighted by Gasteiger charge is 2.10. The average Bonchev–Trinajstić information content (AvgIpc) is 2.33. The lowest BCUT2D eigenvalue weighted by molar-refractivity contribution is 0.254. The Balaban J connectivity index is 2.85. The van der Waals surface area contributed by atoms with Crippen molar-refractivity contribution >= 4 is 0 Å². The molecule has 1 aromatic rings. The molecule has 0 aliphatic carbocycles. The van der Waals surface area contributed by atoms with Crippen molar-refractivity contribution in [2.75, 3.05) is 20.3 Å². The number of hydrogen-bond acceptors (Lipinski definition) is 3. The van der Waals surface area contributed by atoms with Crippen molar-refractivity contribution in [2.45, 2.75) is 27.3 Å². The lowest BCUT2D eigenvalue weighted by atomic mass is 10.1. The number of rotatable bonds is 7. The van der Waals surface area contributed by atoms with E-state index in [-0.39, 0.29) is 0 Å². The first-order chi connectivity index (χ1) is 8.19. The Bertz CT molecular complexity index is 337. The Morgan fingerprint density at radius 3 is 2.65 bits per heavy atom. The molecule has 3 nitrogen and oxygen atoms in total. The van der Waals surface area contributed by atoms with Gasteiger partial charge in [0.15, 0.2) is 11.5 Å². The monoisotopic (exact) mass is 237 g/mol. The molecule has 3 heteroatoms. The van der Waals surface area contributed by atoms with Crippen molar-refractivity contribution in [2.24, 2.45) is 5.92 Å². The lowest BCUT2D eigenvalue weighted by Gasteiger charge is -2.16. The fraction of sp³-hybridized carbons (Fsp3) is 0.571. The lowest BCUT2D eigenvalue weighted by Crippen LogP contribution is -2.14. The zero-order valence-electron chi connectivity index (χ0n) is 11.2. The van der Waals surface area contributed by atoms with E-state index in [0.717, 1.165) is 30.2 Å². The van der Waals surface area contributed by atoms with Crippen LogP contribution >= 0.6 is 0 Å². The number of benzene rings is 1. The number of para-hydroxylation sites is 1. The largest absolute Gasteiger partial charge is 0.493 e. The highest BCUT2D eigenvalue weighted by atomic mass is 16.5. The third-order valence-corrected chi connectivity index (χ3v) is 2.41. The fourth-order valence-electron chi connectivity index (χ4n) is 1.53. The van der Waals surface area contributed by atoms with E-state index >= 15 is 0 Å². The van der Waals surface area contributed by atoms with E-state index in [9.17, 15) is 0 Å². The number of nitrogens with one attached hydrogen (secondary N) is 1. The third kappa shape index (κ3) is 4.27. The predicted octanol–water partition coefficient (Wildman–Crippen LogP) is 2.84. The molecule has 0 radical (unpaired) electrons. The Morgan fingerprint density at radius 2 is 2.06 bits per heavy atom. The number of ether oxygens (including phenoxy) is 2. The highest BCUT2D eigenvalue weighted by Crippen LogP contribution is 2.31. The molecule has 0 bridgehead atoms. The van der Waals surface area contributed by atoms with Crippen LogP contribution in [0.5, 0.6) is 11.5 Å². The van der Waals surface area contributed by atoms with Crippen LogP contribution in [0.1, 0.15) is 26.3 Å². The van der Waals surface area contributed by atoms with E-state index in [1.54, 1.807) is 7.11 Å². The van der Waals surface area contributed by atoms with Gasteiger partial charge >= 0.3 is 0 Å². The summed E-state index contributed by atoms with van der Waals surface area (Å²) >= 11 is 0. The number of methoxy groups -OCH3 is 1. The number of hydrogen-bond donors (Lipinski definition) is 1. The second-order valence-corrected chi connectivity index (χ2v) is 4.43. The molecule has 0 fully saturated rings. The summed E-state index contributed by atoms with van der Waals surface area (Å²) in [7, 11) is 1.68. The molecule has 0 spiro atoms. The van der Waals surface area contributed by atoms with Crippen LogP contribution in [0.15, 0.2) is 18.2 Å². The minimum absolute atomic E-state index is 0.506. The zero-order valence-corrected chi connectivity index (χ0v) is 11.2. The van der Waals surface area contributed by atoms with E-state index in [2.05, 4.69) is 32.2 Å². The van der Waals surface area contributed by atoms with Gasteiger partial charge in [0.1, 0.15) is 0 Å². The maximum absolute atomic E-state index is 5.85. The molecular formula is C14H23NO2. The molecule has 0 atom stereocenters. The van der Waals surface area contributed by atoms with Crippen molar-refractivity contribution in [3.8, 4) is 11.5 Å². The molecule has 0 amide bonds. The summed E-state index contributed by atoms with van der Waals surface area (Å²) in [5.41, 5.74) is 1.15. The van der Waals surface area contributed by atoms with E-state index in [1.807, 2.05) is 12.1 Å². The summed E-state index contributed by atoms with van der Waals surface area (Å²) in [5, 5.41) is 3.31. The first kappa shape index (κ1) is 13.8. The molecule has 0 saturated heterocycles. The van der Waals surface area contributed by atoms with Gasteiger partial charge in [0.25, 0.3) is 0 Å². The van der Waals surface area contributed by atoms with Crippen molar-refractivity contribution in [3.63, 3.8) is 0 Å². The Hall–Kier alpha value is -1.22. The summed E-state index contributed by atoms with van der Waals surface area (Å²) in [6, 6.07) is 6.00. The van der Waals surface area contributed by atoms with E-state index in [4.69, 9.17) is 9.47 Å². The minimum Gasteiger partial charge on any atom is -0.493 e. The first-order valence-electron chi connectivity index (χ1n) is 6.18. The molecule has 0 unspecified atom stereocenters. The fourth-order valence-corrected chi connectivity index (χ4v) is 1.53. The van der Waals surface area contributed by atoms with Gasteiger partial charge in [-0.2, -0.15) is 0 Å². The summed E-state index contributed by atoms with van der Waals surface area (Å²) < 4.78 is 11.2. The van der Waals surface area contributed by atoms with Crippen LogP contribution in [-0.2, 0) is 6.54 Å². The van der Waals surface area contributed by atoms with Crippen molar-refractivity contribution < 1.29 is 9.47 Å². The molecule has 0 heterocycles. The van der Waals surface area contributed by atoms with E-state index < -0.39 is 0 Å². The van der Waals surface area contributed by atoms with Gasteiger partial charge in [-0.05, 0) is 18.5 Å². The molecule has 0 aliphatic heterocycles. The van der Waals surface area contributed by atoms with Crippen LogP contribution in [0.3, 0.4) is 0 Å². The first-order valence-corrected chi connectivity index (χ1v) is 6.18. The second-order valence-electron chi connectivity index (χ2n) is 4.43. The maximum Gasteiger partial charge on any atom is 0.165 e. The van der Waals surface area contributed by atoms with Crippen molar-refractivity contribution in [1.29, 1.82) is 0 Å². The molecule has 0 saturated carbocycles. The Labute approximate surface area is 104 Å². The second kappa shape index (κ2) is 7.17. The minimum atomic E-state index is 0.506. The molecule has 0 aliphatic rings. The van der Waals surface area contributed by atoms with Gasteiger partial charge in [-0.1, -0.05) is 32.9 Å². The standard InChI is InChI=1S/C14H23NO2/c1-5-15-9-12-7-6-8-13(16-4)14(12)17-10-11(2)3/h6-8,11,15H,5,9-10H2,1-4H3. The van der Waals surface area contributed by atoms with Crippen LogP contribution in [0, 0.1) is 5.92 Å². The maximum atomic E-state index is 5.85. The van der Waals surface area contributed by atoms with Crippen LogP contribution < -0.4 is 14.8 Å². The molecule has 0 aromatic heterocycles. The SMILES string of the molecule is CCNCc1cccc(OC)c1OCC(C)C. The molecular weight excluding hydrogens is 214 g/mol. The quantitative estimate of drug-likeness (QED) is 0.791. The summed E-state index contributed by atoms with van der Waals surface area (Å²) in [5.74, 6) is 2.18. The van der Waals surface area contributed by atoms with Crippen LogP contribution in [0.2, 0.25) is 0 Å². The molecule has 1 rings (SSSR count). The highest BCUT2D eigenvalue weighted by molar-refractivity contribution is 5.46. The van der Waals surface area contributed by atoms with Gasteiger partial charge < -0.3 is 14.8 Å². The van der Waals surface area contributed by atoms with Crippen molar-refractivity contribution in [3.05, 3.63) is 23.8 Å². The Kier molecular flexibility index (Phi) is 5.84. The van der Waals surface area contributed by atoms with Gasteiger partial charge in [-0.3, -0.25) is 0 Å². The summed E-state index contributed by atoms with van der Waals surface area (Å²) in [4.78, 5) is 0. The van der Waals surface area contributed by atoms with Gasteiger partial charge in [0.2, 0.25) is 0 Å². The van der Waals surface area contributed by atoms with E-state index in [1.165, 1.54) is 0 Å². The van der Waals surface area contributed by atoms with Gasteiger partial charge in [0.05, 0.1) is 13.7 Å². The van der Waals surface area contributed by atoms with Crippen LogP contribution in [0.25, 0.3) is 0 Å². The normalized spacial score (nSPS) is 10.6. The van der Waals surface area contributed by atoms with Gasteiger partial charge in [0, 0.05) is 12.1 Å². The van der Waals surface area contributed by atoms with Crippen LogP contribution in [0.4, 0.5) is 0 Å². The zero-order chi connectivity index (χ0) is 12.7. The predicted molar refractivity (Wildman–Crippen MR) is 70.7 cm³/mol. The molecule has 1 aromatic carbocycles. The van der Waals surface area contributed by atoms with Crippen LogP contribution in [-0.4, -0.2) is 20.3 Å². The molecule has 1 N–H and O–H groups in total. The molecule has 96 valence electrons. The van der Waals surface area contributed by atoms with Gasteiger partial charge in [-0.15, -0.1) is 0 Å². The average molecular weight is 237 g/mol. The van der Waals surface area contributed by atoms with Crippen molar-refractivity contribution in [1.82, 2.24) is 5.32 Å². The Morgan fingerprint density at radius 1 is 1.29 bits per heavy atom. The third-order valence-electron chi connectivity index (χ3n) is 2.41. The van der Waals surface area contributed by atoms with Gasteiger partial charge in [-0.25, -0.2) is 0 Å². The smallest absolute Gasteiger partial charge is 0.165 e. The van der Waals surface area contributed by atoms with E-state index in [0.29, 0.717) is 12.5 Å².